The molecule has 0 aliphatic heterocycles. The molecular weight excluding hydrogens is 180 g/mol. The Morgan fingerprint density at radius 1 is 1.50 bits per heavy atom. The smallest absolute Gasteiger partial charge is 0.246 e. The van der Waals surface area contributed by atoms with Crippen molar-refractivity contribution in [2.24, 2.45) is 5.73 Å². The van der Waals surface area contributed by atoms with Crippen LogP contribution in [0.3, 0.4) is 0 Å². The maximum absolute atomic E-state index is 11.2. The molecule has 0 aliphatic carbocycles. The van der Waals surface area contributed by atoms with Crippen molar-refractivity contribution in [3.05, 3.63) is 0 Å². The SMILES string of the molecule is CCCCNC(=O)COC(C)(C)CN. The number of nitrogens with two attached hydrogens (primary N) is 1. The zero-order valence-corrected chi connectivity index (χ0v) is 9.43. The molecule has 0 radical (unpaired) electrons. The summed E-state index contributed by atoms with van der Waals surface area (Å²) in [5, 5.41) is 2.78. The lowest BCUT2D eigenvalue weighted by molar-refractivity contribution is -0.130. The minimum atomic E-state index is -0.415. The second-order valence-electron chi connectivity index (χ2n) is 3.96. The highest BCUT2D eigenvalue weighted by molar-refractivity contribution is 5.77. The van der Waals surface area contributed by atoms with E-state index in [0.717, 1.165) is 19.4 Å². The summed E-state index contributed by atoms with van der Waals surface area (Å²) in [4.78, 5) is 11.2. The van der Waals surface area contributed by atoms with Crippen LogP contribution in [0.25, 0.3) is 0 Å². The van der Waals surface area contributed by atoms with E-state index in [0.29, 0.717) is 6.54 Å². The third-order valence-corrected chi connectivity index (χ3v) is 1.94. The Morgan fingerprint density at radius 2 is 2.14 bits per heavy atom. The van der Waals surface area contributed by atoms with Crippen LogP contribution >= 0.6 is 0 Å². The van der Waals surface area contributed by atoms with E-state index in [2.05, 4.69) is 12.2 Å². The largest absolute Gasteiger partial charge is 0.364 e. The molecular formula is C10H22N2O2. The third kappa shape index (κ3) is 6.86. The van der Waals surface area contributed by atoms with E-state index in [-0.39, 0.29) is 12.5 Å². The predicted octanol–water partition coefficient (Wildman–Crippen LogP) is 0.657. The van der Waals surface area contributed by atoms with Gasteiger partial charge in [-0.15, -0.1) is 0 Å². The number of carbonyl (C=O) groups is 1. The van der Waals surface area contributed by atoms with Gasteiger partial charge in [-0.25, -0.2) is 0 Å². The van der Waals surface area contributed by atoms with Crippen LogP contribution in [-0.2, 0) is 9.53 Å². The van der Waals surface area contributed by atoms with Gasteiger partial charge in [-0.05, 0) is 20.3 Å². The van der Waals surface area contributed by atoms with Crippen LogP contribution in [0.15, 0.2) is 0 Å². The van der Waals surface area contributed by atoms with Crippen LogP contribution in [-0.4, -0.2) is 31.2 Å². The first kappa shape index (κ1) is 13.4. The van der Waals surface area contributed by atoms with Crippen molar-refractivity contribution in [3.63, 3.8) is 0 Å². The van der Waals surface area contributed by atoms with Gasteiger partial charge in [0.1, 0.15) is 6.61 Å². The molecule has 0 saturated carbocycles. The van der Waals surface area contributed by atoms with Crippen molar-refractivity contribution in [1.29, 1.82) is 0 Å². The van der Waals surface area contributed by atoms with E-state index in [9.17, 15) is 4.79 Å². The molecule has 0 aromatic heterocycles. The van der Waals surface area contributed by atoms with Gasteiger partial charge in [-0.1, -0.05) is 13.3 Å². The van der Waals surface area contributed by atoms with Crippen molar-refractivity contribution in [2.75, 3.05) is 19.7 Å². The van der Waals surface area contributed by atoms with E-state index < -0.39 is 5.60 Å². The molecule has 0 aromatic rings. The highest BCUT2D eigenvalue weighted by Gasteiger charge is 2.17. The maximum Gasteiger partial charge on any atom is 0.246 e. The first-order chi connectivity index (χ1) is 6.52. The molecule has 3 N–H and O–H groups in total. The number of rotatable bonds is 7. The molecule has 84 valence electrons. The van der Waals surface area contributed by atoms with Gasteiger partial charge in [0, 0.05) is 13.1 Å². The Balaban J connectivity index is 3.53. The van der Waals surface area contributed by atoms with Crippen LogP contribution in [0.2, 0.25) is 0 Å². The summed E-state index contributed by atoms with van der Waals surface area (Å²) in [6.45, 7) is 7.05. The van der Waals surface area contributed by atoms with Gasteiger partial charge in [0.05, 0.1) is 5.60 Å². The van der Waals surface area contributed by atoms with Crippen molar-refractivity contribution < 1.29 is 9.53 Å². The maximum atomic E-state index is 11.2. The first-order valence-corrected chi connectivity index (χ1v) is 5.12. The summed E-state index contributed by atoms with van der Waals surface area (Å²) in [6, 6.07) is 0. The fourth-order valence-corrected chi connectivity index (χ4v) is 0.775. The summed E-state index contributed by atoms with van der Waals surface area (Å²) in [5.74, 6) is -0.0695. The molecule has 0 unspecified atom stereocenters. The number of unbranched alkanes of at least 4 members (excludes halogenated alkanes) is 1. The highest BCUT2D eigenvalue weighted by Crippen LogP contribution is 2.05. The number of ether oxygens (including phenoxy) is 1. The molecule has 4 heteroatoms. The Kier molecular flexibility index (Phi) is 6.49. The van der Waals surface area contributed by atoms with E-state index in [4.69, 9.17) is 10.5 Å². The molecule has 0 fully saturated rings. The van der Waals surface area contributed by atoms with Crippen LogP contribution in [0, 0.1) is 0 Å². The predicted molar refractivity (Wildman–Crippen MR) is 57.0 cm³/mol. The van der Waals surface area contributed by atoms with Gasteiger partial charge in [-0.2, -0.15) is 0 Å². The molecule has 0 aromatic carbocycles. The standard InChI is InChI=1S/C10H22N2O2/c1-4-5-6-12-9(13)7-14-10(2,3)8-11/h4-8,11H2,1-3H3,(H,12,13). The van der Waals surface area contributed by atoms with E-state index in [1.54, 1.807) is 0 Å². The highest BCUT2D eigenvalue weighted by atomic mass is 16.5. The average Bonchev–Trinajstić information content (AvgIpc) is 2.16. The second-order valence-corrected chi connectivity index (χ2v) is 3.96. The molecule has 0 spiro atoms. The van der Waals surface area contributed by atoms with Crippen LogP contribution in [0.4, 0.5) is 0 Å². The number of amides is 1. The van der Waals surface area contributed by atoms with Crippen molar-refractivity contribution in [2.45, 2.75) is 39.2 Å². The quantitative estimate of drug-likeness (QED) is 0.596. The van der Waals surface area contributed by atoms with Crippen LogP contribution in [0.5, 0.6) is 0 Å². The summed E-state index contributed by atoms with van der Waals surface area (Å²) in [6.07, 6.45) is 2.08. The van der Waals surface area contributed by atoms with Crippen LogP contribution < -0.4 is 11.1 Å². The van der Waals surface area contributed by atoms with E-state index >= 15 is 0 Å². The van der Waals surface area contributed by atoms with Gasteiger partial charge in [0.15, 0.2) is 0 Å². The fraction of sp³-hybridized carbons (Fsp3) is 0.900. The molecule has 0 saturated heterocycles. The van der Waals surface area contributed by atoms with E-state index in [1.807, 2.05) is 13.8 Å². The minimum absolute atomic E-state index is 0.0695. The lowest BCUT2D eigenvalue weighted by Crippen LogP contribution is -2.38. The summed E-state index contributed by atoms with van der Waals surface area (Å²) in [5.41, 5.74) is 5.04. The molecule has 0 bridgehead atoms. The zero-order valence-electron chi connectivity index (χ0n) is 9.43. The molecule has 1 amide bonds. The van der Waals surface area contributed by atoms with Gasteiger partial charge >= 0.3 is 0 Å². The van der Waals surface area contributed by atoms with Crippen molar-refractivity contribution >= 4 is 5.91 Å². The van der Waals surface area contributed by atoms with Gasteiger partial charge in [-0.3, -0.25) is 4.79 Å². The zero-order chi connectivity index (χ0) is 11.0. The molecule has 0 atom stereocenters. The normalized spacial score (nSPS) is 11.4. The lowest BCUT2D eigenvalue weighted by atomic mass is 10.1. The first-order valence-electron chi connectivity index (χ1n) is 5.12. The Bertz CT molecular complexity index is 170. The van der Waals surface area contributed by atoms with E-state index in [1.165, 1.54) is 0 Å². The molecule has 0 heterocycles. The fourth-order valence-electron chi connectivity index (χ4n) is 0.775. The van der Waals surface area contributed by atoms with Crippen molar-refractivity contribution in [1.82, 2.24) is 5.32 Å². The van der Waals surface area contributed by atoms with Gasteiger partial charge < -0.3 is 15.8 Å². The average molecular weight is 202 g/mol. The minimum Gasteiger partial charge on any atom is -0.364 e. The number of nitrogens with one attached hydrogen (secondary N) is 1. The number of hydrogen-bond donors (Lipinski definition) is 2. The summed E-state index contributed by atoms with van der Waals surface area (Å²) in [7, 11) is 0. The third-order valence-electron chi connectivity index (χ3n) is 1.94. The molecule has 4 nitrogen and oxygen atoms in total. The Morgan fingerprint density at radius 3 is 2.64 bits per heavy atom. The number of hydrogen-bond acceptors (Lipinski definition) is 3. The molecule has 0 aliphatic rings. The Labute approximate surface area is 86.2 Å². The summed E-state index contributed by atoms with van der Waals surface area (Å²) >= 11 is 0. The Hall–Kier alpha value is -0.610. The van der Waals surface area contributed by atoms with Gasteiger partial charge in [0.2, 0.25) is 5.91 Å². The molecule has 14 heavy (non-hydrogen) atoms. The summed E-state index contributed by atoms with van der Waals surface area (Å²) < 4.78 is 5.33. The second kappa shape index (κ2) is 6.79. The lowest BCUT2D eigenvalue weighted by Gasteiger charge is -2.22. The monoisotopic (exact) mass is 202 g/mol. The number of carbonyl (C=O) groups excluding carboxylic acids is 1. The molecule has 0 rings (SSSR count). The van der Waals surface area contributed by atoms with Crippen LogP contribution in [0.1, 0.15) is 33.6 Å². The van der Waals surface area contributed by atoms with Gasteiger partial charge in [0.25, 0.3) is 0 Å². The topological polar surface area (TPSA) is 64.3 Å². The van der Waals surface area contributed by atoms with Crippen molar-refractivity contribution in [3.8, 4) is 0 Å².